The molecule has 0 aromatic carbocycles. The first-order chi connectivity index (χ1) is 8.83. The van der Waals surface area contributed by atoms with Crippen LogP contribution < -0.4 is 5.32 Å². The molecule has 0 radical (unpaired) electrons. The second kappa shape index (κ2) is 7.04. The Kier molecular flexibility index (Phi) is 6.27. The van der Waals surface area contributed by atoms with Crippen molar-refractivity contribution in [2.75, 3.05) is 26.2 Å². The molecular weight excluding hydrogens is 262 g/mol. The zero-order valence-electron chi connectivity index (χ0n) is 12.7. The predicted octanol–water partition coefficient (Wildman–Crippen LogP) is 1.99. The smallest absolute Gasteiger partial charge is 0.147 e. The summed E-state index contributed by atoms with van der Waals surface area (Å²) >= 11 is 0. The zero-order valence-corrected chi connectivity index (χ0v) is 13.6. The van der Waals surface area contributed by atoms with Crippen molar-refractivity contribution in [3.63, 3.8) is 0 Å². The maximum atomic E-state index is 11.2. The van der Waals surface area contributed by atoms with Crippen molar-refractivity contribution in [1.82, 2.24) is 5.32 Å². The van der Waals surface area contributed by atoms with Gasteiger partial charge in [0, 0.05) is 25.2 Å². The maximum Gasteiger partial charge on any atom is 0.147 e. The minimum absolute atomic E-state index is 0.121. The molecule has 1 N–H and O–H groups in total. The Morgan fingerprint density at radius 2 is 2.16 bits per heavy atom. The Balaban J connectivity index is 2.64. The summed E-state index contributed by atoms with van der Waals surface area (Å²) < 4.78 is 28.3. The Bertz CT molecular complexity index is 369. The lowest BCUT2D eigenvalue weighted by Crippen LogP contribution is -2.53. The fraction of sp³-hybridized carbons (Fsp3) is 1.00. The largest absolute Gasteiger partial charge is 0.377 e. The van der Waals surface area contributed by atoms with Gasteiger partial charge in [-0.15, -0.1) is 0 Å². The van der Waals surface area contributed by atoms with Crippen molar-refractivity contribution >= 4 is 9.84 Å². The van der Waals surface area contributed by atoms with E-state index in [4.69, 9.17) is 4.74 Å². The highest BCUT2D eigenvalue weighted by molar-refractivity contribution is 7.90. The molecule has 19 heavy (non-hydrogen) atoms. The van der Waals surface area contributed by atoms with Gasteiger partial charge in [0.25, 0.3) is 0 Å². The molecule has 1 aliphatic rings. The third-order valence-corrected chi connectivity index (χ3v) is 5.42. The first kappa shape index (κ1) is 16.9. The Labute approximate surface area is 118 Å². The fourth-order valence-electron chi connectivity index (χ4n) is 3.41. The van der Waals surface area contributed by atoms with E-state index in [-0.39, 0.29) is 17.4 Å². The van der Waals surface area contributed by atoms with Gasteiger partial charge in [-0.1, -0.05) is 19.8 Å². The average molecular weight is 291 g/mol. The van der Waals surface area contributed by atoms with Crippen LogP contribution in [0.1, 0.15) is 45.4 Å². The molecular formula is C14H29NO3S. The third-order valence-electron chi connectivity index (χ3n) is 4.39. The molecule has 1 fully saturated rings. The van der Waals surface area contributed by atoms with Crippen molar-refractivity contribution in [3.05, 3.63) is 0 Å². The minimum Gasteiger partial charge on any atom is -0.377 e. The molecule has 3 atom stereocenters. The monoisotopic (exact) mass is 291 g/mol. The Morgan fingerprint density at radius 3 is 2.63 bits per heavy atom. The summed E-state index contributed by atoms with van der Waals surface area (Å²) in [4.78, 5) is 0. The Hall–Kier alpha value is -0.130. The van der Waals surface area contributed by atoms with Gasteiger partial charge in [-0.3, -0.25) is 0 Å². The second-order valence-electron chi connectivity index (χ2n) is 6.08. The fourth-order valence-corrected chi connectivity index (χ4v) is 4.10. The molecule has 0 aromatic heterocycles. The molecule has 4 nitrogen and oxygen atoms in total. The maximum absolute atomic E-state index is 11.2. The van der Waals surface area contributed by atoms with Gasteiger partial charge < -0.3 is 10.1 Å². The molecule has 0 amide bonds. The van der Waals surface area contributed by atoms with Gasteiger partial charge >= 0.3 is 0 Å². The van der Waals surface area contributed by atoms with Crippen molar-refractivity contribution < 1.29 is 13.2 Å². The van der Waals surface area contributed by atoms with Gasteiger partial charge in [0.15, 0.2) is 0 Å². The molecule has 0 saturated heterocycles. The number of ether oxygens (including phenoxy) is 1. The van der Waals surface area contributed by atoms with E-state index in [1.165, 1.54) is 19.1 Å². The average Bonchev–Trinajstić information content (AvgIpc) is 2.33. The van der Waals surface area contributed by atoms with Crippen LogP contribution in [0.3, 0.4) is 0 Å². The van der Waals surface area contributed by atoms with Crippen LogP contribution in [0.5, 0.6) is 0 Å². The topological polar surface area (TPSA) is 55.4 Å². The first-order valence-electron chi connectivity index (χ1n) is 7.23. The highest BCUT2D eigenvalue weighted by atomic mass is 32.2. The van der Waals surface area contributed by atoms with Crippen LogP contribution in [0.4, 0.5) is 0 Å². The molecule has 0 aliphatic heterocycles. The van der Waals surface area contributed by atoms with Gasteiger partial charge in [0.2, 0.25) is 0 Å². The van der Waals surface area contributed by atoms with Gasteiger partial charge in [0.1, 0.15) is 9.84 Å². The summed E-state index contributed by atoms with van der Waals surface area (Å²) in [6, 6.07) is 0.238. The number of likely N-dealkylation sites (N-methyl/N-ethyl adjacent to an activating group) is 1. The van der Waals surface area contributed by atoms with Crippen LogP contribution in [-0.2, 0) is 14.6 Å². The summed E-state index contributed by atoms with van der Waals surface area (Å²) in [5.41, 5.74) is -0.121. The van der Waals surface area contributed by atoms with Crippen LogP contribution in [0.25, 0.3) is 0 Å². The van der Waals surface area contributed by atoms with Crippen molar-refractivity contribution in [3.8, 4) is 0 Å². The molecule has 1 aliphatic carbocycles. The van der Waals surface area contributed by atoms with Crippen molar-refractivity contribution in [2.24, 2.45) is 5.92 Å². The van der Waals surface area contributed by atoms with E-state index >= 15 is 0 Å². The number of rotatable bonds is 7. The van der Waals surface area contributed by atoms with Gasteiger partial charge in [0.05, 0.1) is 5.60 Å². The number of nitrogens with one attached hydrogen (secondary N) is 1. The molecule has 114 valence electrons. The van der Waals surface area contributed by atoms with Gasteiger partial charge in [-0.25, -0.2) is 8.42 Å². The molecule has 1 saturated carbocycles. The number of sulfone groups is 1. The summed E-state index contributed by atoms with van der Waals surface area (Å²) in [6.07, 6.45) is 7.44. The van der Waals surface area contributed by atoms with Crippen LogP contribution in [-0.4, -0.2) is 46.2 Å². The summed E-state index contributed by atoms with van der Waals surface area (Å²) in [7, 11) is 0.876. The van der Waals surface area contributed by atoms with Gasteiger partial charge in [-0.05, 0) is 38.6 Å². The summed E-state index contributed by atoms with van der Waals surface area (Å²) in [5, 5.41) is 3.35. The molecule has 0 heterocycles. The number of methoxy groups -OCH3 is 1. The highest BCUT2D eigenvalue weighted by Crippen LogP contribution is 2.38. The zero-order chi connectivity index (χ0) is 14.5. The second-order valence-corrected chi connectivity index (χ2v) is 8.34. The number of hydrogen-bond acceptors (Lipinski definition) is 4. The van der Waals surface area contributed by atoms with Crippen LogP contribution in [0.2, 0.25) is 0 Å². The van der Waals surface area contributed by atoms with Crippen molar-refractivity contribution in [2.45, 2.75) is 57.1 Å². The van der Waals surface area contributed by atoms with E-state index in [1.54, 1.807) is 7.11 Å². The van der Waals surface area contributed by atoms with Gasteiger partial charge in [-0.2, -0.15) is 0 Å². The predicted molar refractivity (Wildman–Crippen MR) is 79.2 cm³/mol. The lowest BCUT2D eigenvalue weighted by Gasteiger charge is -2.44. The lowest BCUT2D eigenvalue weighted by molar-refractivity contribution is -0.0794. The molecule has 0 aromatic rings. The lowest BCUT2D eigenvalue weighted by atomic mass is 9.73. The highest BCUT2D eigenvalue weighted by Gasteiger charge is 2.41. The standard InChI is InChI=1S/C14H29NO3S/c1-12-7-5-9-14(11-12,18-3)13(15-2)8-6-10-19(4,16)17/h12-13,15H,5-11H2,1-4H3. The van der Waals surface area contributed by atoms with E-state index in [0.29, 0.717) is 12.3 Å². The summed E-state index contributed by atoms with van der Waals surface area (Å²) in [5.74, 6) is 0.944. The molecule has 1 rings (SSSR count). The van der Waals surface area contributed by atoms with E-state index in [9.17, 15) is 8.42 Å². The van der Waals surface area contributed by atoms with E-state index in [1.807, 2.05) is 7.05 Å². The van der Waals surface area contributed by atoms with E-state index in [0.717, 1.165) is 19.3 Å². The quantitative estimate of drug-likeness (QED) is 0.779. The first-order valence-corrected chi connectivity index (χ1v) is 9.29. The van der Waals surface area contributed by atoms with Crippen LogP contribution in [0.15, 0.2) is 0 Å². The SMILES string of the molecule is CNC(CCCS(C)(=O)=O)C1(OC)CCCC(C)C1. The van der Waals surface area contributed by atoms with E-state index in [2.05, 4.69) is 12.2 Å². The summed E-state index contributed by atoms with van der Waals surface area (Å²) in [6.45, 7) is 2.27. The molecule has 3 unspecified atom stereocenters. The minimum atomic E-state index is -2.86. The van der Waals surface area contributed by atoms with E-state index < -0.39 is 9.84 Å². The normalized spacial score (nSPS) is 30.2. The third kappa shape index (κ3) is 5.04. The molecule has 0 bridgehead atoms. The number of hydrogen-bond donors (Lipinski definition) is 1. The van der Waals surface area contributed by atoms with Crippen LogP contribution >= 0.6 is 0 Å². The molecule has 5 heteroatoms. The van der Waals surface area contributed by atoms with Crippen molar-refractivity contribution in [1.29, 1.82) is 0 Å². The Morgan fingerprint density at radius 1 is 1.47 bits per heavy atom. The van der Waals surface area contributed by atoms with Crippen LogP contribution in [0, 0.1) is 5.92 Å². The molecule has 0 spiro atoms.